The summed E-state index contributed by atoms with van der Waals surface area (Å²) in [5.74, 6) is 0.114. The van der Waals surface area contributed by atoms with Crippen LogP contribution in [0.25, 0.3) is 72.3 Å². The first-order valence-electron chi connectivity index (χ1n) is 26.9. The van der Waals surface area contributed by atoms with Gasteiger partial charge in [-0.05, 0) is 96.4 Å². The maximum atomic E-state index is 8.99. The van der Waals surface area contributed by atoms with Gasteiger partial charge in [0.1, 0.15) is 17.3 Å². The maximum absolute atomic E-state index is 8.99. The van der Waals surface area contributed by atoms with Crippen molar-refractivity contribution in [2.75, 3.05) is 0 Å². The van der Waals surface area contributed by atoms with Crippen molar-refractivity contribution >= 4 is 32.8 Å². The largest absolute Gasteiger partial charge is 0.458 e. The number of hydrogen-bond acceptors (Lipinski definition) is 2. The van der Waals surface area contributed by atoms with E-state index in [1.807, 2.05) is 0 Å². The second-order valence-electron chi connectivity index (χ2n) is 12.8. The summed E-state index contributed by atoms with van der Waals surface area (Å²) < 4.78 is 173. The minimum absolute atomic E-state index is 0.0753. The Morgan fingerprint density at radius 1 is 0.625 bits per heavy atom. The quantitative estimate of drug-likeness (QED) is 0.120. The minimum Gasteiger partial charge on any atom is -0.458 e. The molecule has 0 N–H and O–H groups in total. The van der Waals surface area contributed by atoms with Gasteiger partial charge in [-0.25, -0.2) is 4.98 Å². The molecule has 56 heavy (non-hydrogen) atoms. The fourth-order valence-corrected chi connectivity index (χ4v) is 7.13. The number of hydrogen-bond donors (Lipinski definition) is 0. The van der Waals surface area contributed by atoms with Crippen molar-refractivity contribution in [1.29, 1.82) is 0 Å². The predicted molar refractivity (Wildman–Crippen MR) is 227 cm³/mol. The van der Waals surface area contributed by atoms with Gasteiger partial charge in [-0.2, -0.15) is 0 Å². The van der Waals surface area contributed by atoms with E-state index in [9.17, 15) is 0 Å². The van der Waals surface area contributed by atoms with Gasteiger partial charge in [0.15, 0.2) is 0 Å². The molecule has 10 rings (SSSR count). The van der Waals surface area contributed by atoms with E-state index in [-0.39, 0.29) is 39.4 Å². The van der Waals surface area contributed by atoms with Gasteiger partial charge in [0.05, 0.1) is 47.1 Å². The predicted octanol–water partition coefficient (Wildman–Crippen LogP) is 12.3. The molecule has 3 aromatic heterocycles. The Kier molecular flexibility index (Phi) is 4.57. The van der Waals surface area contributed by atoms with E-state index in [2.05, 4.69) is 11.3 Å². The molecule has 3 heterocycles. The standard InChI is InChI=1S/C51H38N4O/c1-34-30-35(2)52-51(36(34)3)55-46-25-11-10-22-44(46)45-29-28-41(32-49(45)55)56-40-21-14-20-39(31-40)53-33-54(48-27-13-12-26-47(48)53)50-42(37-16-6-4-7-17-37)23-15-24-43(50)38-18-8-5-9-19-38/h4-32H,1-3H3/i1D3,2D3,3D3,4D,5D,6D,7D,8D,9D,16D,17D,18D,19D. The zero-order valence-corrected chi connectivity index (χ0v) is 29.2. The molecule has 0 aliphatic heterocycles. The van der Waals surface area contributed by atoms with Crippen LogP contribution in [0.1, 0.15) is 42.9 Å². The normalized spacial score (nSPS) is 17.0. The van der Waals surface area contributed by atoms with Crippen LogP contribution in [0.15, 0.2) is 176 Å². The molecule has 0 aliphatic carbocycles. The molecule has 0 spiro atoms. The van der Waals surface area contributed by atoms with Crippen LogP contribution in [-0.2, 0) is 0 Å². The highest BCUT2D eigenvalue weighted by Gasteiger charge is 2.20. The Balaban J connectivity index is 1.16. The van der Waals surface area contributed by atoms with Crippen molar-refractivity contribution in [3.63, 3.8) is 0 Å². The third-order valence-corrected chi connectivity index (χ3v) is 9.53. The number of para-hydroxylation sites is 4. The summed E-state index contributed by atoms with van der Waals surface area (Å²) in [4.78, 5) is 4.38. The molecule has 0 aliphatic rings. The van der Waals surface area contributed by atoms with Crippen molar-refractivity contribution in [2.45, 2.75) is 20.6 Å². The fraction of sp³-hybridized carbons (Fsp3) is 0.0588. The topological polar surface area (TPSA) is 35.9 Å². The number of fused-ring (bicyclic) bond motifs is 4. The first-order chi connectivity index (χ1) is 35.3. The number of ether oxygens (including phenoxy) is 1. The van der Waals surface area contributed by atoms with Gasteiger partial charge in [0, 0.05) is 34.9 Å². The Bertz CT molecular complexity index is 3880. The summed E-state index contributed by atoms with van der Waals surface area (Å²) in [7, 11) is 0. The van der Waals surface area contributed by atoms with E-state index >= 15 is 0 Å². The van der Waals surface area contributed by atoms with Crippen molar-refractivity contribution < 1.29 is 35.3 Å². The molecule has 0 fully saturated rings. The van der Waals surface area contributed by atoms with E-state index in [0.717, 1.165) is 6.07 Å². The summed E-state index contributed by atoms with van der Waals surface area (Å²) in [6.45, 7) is -9.02. The highest BCUT2D eigenvalue weighted by molar-refractivity contribution is 6.09. The van der Waals surface area contributed by atoms with Gasteiger partial charge in [0.2, 0.25) is 0 Å². The molecule has 0 radical (unpaired) electrons. The molecule has 5 nitrogen and oxygen atoms in total. The molecule has 5 heteroatoms. The Labute approximate surface area is 352 Å². The zero-order chi connectivity index (χ0) is 54.0. The van der Waals surface area contributed by atoms with Crippen LogP contribution in [0.2, 0.25) is 0 Å². The number of imidazole rings is 1. The molecule has 0 atom stereocenters. The van der Waals surface area contributed by atoms with Crippen LogP contribution in [-0.4, -0.2) is 14.1 Å². The molecule has 268 valence electrons. The number of aromatic nitrogens is 4. The van der Waals surface area contributed by atoms with Gasteiger partial charge in [0.25, 0.3) is 6.33 Å². The first kappa shape index (κ1) is 18.9. The molecule has 0 unspecified atom stereocenters. The smallest absolute Gasteiger partial charge is 0.269 e. The lowest BCUT2D eigenvalue weighted by Gasteiger charge is -2.17. The average Bonchev–Trinajstić information content (AvgIpc) is 3.91. The van der Waals surface area contributed by atoms with Crippen LogP contribution in [0, 0.1) is 26.9 Å². The fourth-order valence-electron chi connectivity index (χ4n) is 7.13. The summed E-state index contributed by atoms with van der Waals surface area (Å²) in [6.07, 6.45) is 3.34. The van der Waals surface area contributed by atoms with Crippen molar-refractivity contribution in [2.24, 2.45) is 0 Å². The number of aryl methyl sites for hydroxylation is 2. The monoisotopic (exact) mass is 741 g/mol. The molecule has 0 amide bonds. The SMILES string of the molecule is [2H]c1c([2H])c([2H])c(-c2cccc(-c3c([2H])c([2H])c([2H])c([2H])c3[2H])c2-[n+]2[c-]n(-c3cccc(Oc4ccc5c6ccccc6n(-c6nc(C([2H])([2H])[2H])cc(C([2H])([2H])[2H])c6C([2H])([2H])[2H])c5c4)c3)c3ccccc32)c([2H])c1[2H]. The lowest BCUT2D eigenvalue weighted by molar-refractivity contribution is -0.571. The lowest BCUT2D eigenvalue weighted by atomic mass is 9.95. The average molecular weight is 742 g/mol. The maximum Gasteiger partial charge on any atom is 0.269 e. The van der Waals surface area contributed by atoms with E-state index in [1.54, 1.807) is 100 Å². The number of pyridine rings is 1. The number of rotatable bonds is 7. The summed E-state index contributed by atoms with van der Waals surface area (Å²) >= 11 is 0. The molecule has 7 aromatic carbocycles. The van der Waals surface area contributed by atoms with Gasteiger partial charge >= 0.3 is 0 Å². The summed E-state index contributed by atoms with van der Waals surface area (Å²) in [5.41, 5.74) is 0.0813. The molecule has 0 saturated carbocycles. The lowest BCUT2D eigenvalue weighted by Crippen LogP contribution is -2.31. The van der Waals surface area contributed by atoms with Gasteiger partial charge in [-0.1, -0.05) is 127 Å². The van der Waals surface area contributed by atoms with Crippen LogP contribution < -0.4 is 9.30 Å². The third-order valence-electron chi connectivity index (χ3n) is 9.53. The molecular weight excluding hydrogens is 685 g/mol. The van der Waals surface area contributed by atoms with Crippen molar-refractivity contribution in [3.8, 4) is 50.9 Å². The zero-order valence-electron chi connectivity index (χ0n) is 48.2. The van der Waals surface area contributed by atoms with Crippen molar-refractivity contribution in [3.05, 3.63) is 199 Å². The highest BCUT2D eigenvalue weighted by atomic mass is 16.5. The van der Waals surface area contributed by atoms with Gasteiger partial charge in [-0.15, -0.1) is 0 Å². The van der Waals surface area contributed by atoms with E-state index in [0.29, 0.717) is 38.5 Å². The van der Waals surface area contributed by atoms with Gasteiger partial charge in [-0.3, -0.25) is 13.7 Å². The van der Waals surface area contributed by atoms with Crippen LogP contribution in [0.5, 0.6) is 11.5 Å². The second kappa shape index (κ2) is 13.6. The number of nitrogens with zero attached hydrogens (tertiary/aromatic N) is 4. The highest BCUT2D eigenvalue weighted by Crippen LogP contribution is 2.37. The first-order valence-corrected chi connectivity index (χ1v) is 17.4. The summed E-state index contributed by atoms with van der Waals surface area (Å²) in [5, 5.41) is 1.21. The molecule has 10 aromatic rings. The van der Waals surface area contributed by atoms with Crippen LogP contribution in [0.3, 0.4) is 0 Å². The van der Waals surface area contributed by atoms with Gasteiger partial charge < -0.3 is 4.74 Å². The van der Waals surface area contributed by atoms with Crippen LogP contribution >= 0.6 is 0 Å². The molecule has 0 saturated heterocycles. The van der Waals surface area contributed by atoms with E-state index < -0.39 is 104 Å². The van der Waals surface area contributed by atoms with Crippen molar-refractivity contribution in [1.82, 2.24) is 14.1 Å². The Hall–Kier alpha value is -7.24. The second-order valence-corrected chi connectivity index (χ2v) is 12.8. The summed E-state index contributed by atoms with van der Waals surface area (Å²) in [6, 6.07) is 25.3. The van der Waals surface area contributed by atoms with E-state index in [4.69, 9.17) is 30.8 Å². The van der Waals surface area contributed by atoms with E-state index in [1.165, 1.54) is 22.8 Å². The Morgan fingerprint density at radius 2 is 1.32 bits per heavy atom. The third kappa shape index (κ3) is 5.64. The molecular formula is C51H38N4O. The minimum atomic E-state index is -3.06. The molecule has 0 bridgehead atoms. The van der Waals surface area contributed by atoms with Crippen LogP contribution in [0.4, 0.5) is 0 Å². The Morgan fingerprint density at radius 3 is 2.07 bits per heavy atom. The number of benzene rings is 7.